The molecule has 0 saturated carbocycles. The Morgan fingerprint density at radius 3 is 1.71 bits per heavy atom. The molecule has 55 heavy (non-hydrogen) atoms. The molecule has 0 aliphatic rings. The van der Waals surface area contributed by atoms with Crippen molar-refractivity contribution >= 4 is 36.0 Å². The molecule has 0 atom stereocenters. The molecule has 13 nitrogen and oxygen atoms in total. The maximum absolute atomic E-state index is 12.5. The topological polar surface area (TPSA) is 181 Å². The number of ether oxygens (including phenoxy) is 4. The van der Waals surface area contributed by atoms with Gasteiger partial charge in [-0.15, -0.1) is 0 Å². The molecule has 3 heterocycles. The fourth-order valence-electron chi connectivity index (χ4n) is 6.79. The van der Waals surface area contributed by atoms with Crippen molar-refractivity contribution in [3.05, 3.63) is 90.2 Å². The Morgan fingerprint density at radius 2 is 1.18 bits per heavy atom. The van der Waals surface area contributed by atoms with E-state index in [2.05, 4.69) is 33.6 Å². The Balaban J connectivity index is 2.15. The molecule has 0 radical (unpaired) electrons. The van der Waals surface area contributed by atoms with Gasteiger partial charge < -0.3 is 33.9 Å². The summed E-state index contributed by atoms with van der Waals surface area (Å²) in [7, 11) is 0. The Morgan fingerprint density at radius 1 is 0.673 bits per heavy atom. The molecular formula is C42H53N5O8. The molecule has 294 valence electrons. The number of aromatic amines is 3. The molecule has 0 unspecified atom stereocenters. The van der Waals surface area contributed by atoms with E-state index < -0.39 is 11.9 Å². The normalized spacial score (nSPS) is 11.5. The van der Waals surface area contributed by atoms with Crippen LogP contribution in [0.1, 0.15) is 122 Å². The fourth-order valence-corrected chi connectivity index (χ4v) is 6.79. The van der Waals surface area contributed by atoms with E-state index in [0.29, 0.717) is 56.3 Å². The molecule has 0 bridgehead atoms. The lowest BCUT2D eigenvalue weighted by molar-refractivity contribution is -0.142. The number of rotatable bonds is 20. The first-order valence-electron chi connectivity index (χ1n) is 18.8. The molecule has 0 aliphatic carbocycles. The molecule has 0 saturated heterocycles. The third kappa shape index (κ3) is 11.6. The molecule has 13 heteroatoms. The highest BCUT2D eigenvalue weighted by atomic mass is 16.5. The van der Waals surface area contributed by atoms with Gasteiger partial charge in [0.05, 0.1) is 33.0 Å². The zero-order chi connectivity index (χ0) is 40.7. The minimum absolute atomic E-state index is 0.0824. The quantitative estimate of drug-likeness (QED) is 0.0277. The number of esters is 4. The van der Waals surface area contributed by atoms with Crippen molar-refractivity contribution in [3.8, 4) is 6.07 Å². The zero-order valence-electron chi connectivity index (χ0n) is 33.3. The van der Waals surface area contributed by atoms with E-state index in [9.17, 15) is 24.4 Å². The molecular weight excluding hydrogens is 702 g/mol. The third-order valence-corrected chi connectivity index (χ3v) is 9.37. The smallest absolute Gasteiger partial charge is 0.348 e. The van der Waals surface area contributed by atoms with E-state index in [0.717, 1.165) is 62.6 Å². The van der Waals surface area contributed by atoms with Crippen LogP contribution in [0.4, 0.5) is 0 Å². The predicted octanol–water partition coefficient (Wildman–Crippen LogP) is 6.88. The lowest BCUT2D eigenvalue weighted by Gasteiger charge is -2.08. The lowest BCUT2D eigenvalue weighted by Crippen LogP contribution is -2.06. The Labute approximate surface area is 323 Å². The summed E-state index contributed by atoms with van der Waals surface area (Å²) in [5, 5.41) is 9.74. The average molecular weight is 756 g/mol. The number of H-pyrrole nitrogens is 3. The maximum Gasteiger partial charge on any atom is 0.348 e. The highest BCUT2D eigenvalue weighted by molar-refractivity contribution is 5.98. The monoisotopic (exact) mass is 755 g/mol. The average Bonchev–Trinajstić information content (AvgIpc) is 3.74. The van der Waals surface area contributed by atoms with Crippen LogP contribution < -0.4 is 0 Å². The molecule has 0 fully saturated rings. The van der Waals surface area contributed by atoms with Crippen molar-refractivity contribution < 1.29 is 38.1 Å². The van der Waals surface area contributed by atoms with E-state index in [1.165, 1.54) is 19.9 Å². The van der Waals surface area contributed by atoms with Crippen molar-refractivity contribution in [3.63, 3.8) is 0 Å². The van der Waals surface area contributed by atoms with E-state index in [4.69, 9.17) is 25.5 Å². The van der Waals surface area contributed by atoms with Gasteiger partial charge in [0.15, 0.2) is 0 Å². The maximum atomic E-state index is 12.5. The van der Waals surface area contributed by atoms with Gasteiger partial charge in [-0.3, -0.25) is 14.4 Å². The van der Waals surface area contributed by atoms with Crippen LogP contribution in [0.3, 0.4) is 0 Å². The van der Waals surface area contributed by atoms with Gasteiger partial charge in [-0.2, -0.15) is 5.26 Å². The third-order valence-electron chi connectivity index (χ3n) is 9.37. The van der Waals surface area contributed by atoms with Gasteiger partial charge in [-0.05, 0) is 112 Å². The fraction of sp³-hybridized carbons (Fsp3) is 0.476. The number of aromatic nitrogens is 3. The summed E-state index contributed by atoms with van der Waals surface area (Å²) in [4.78, 5) is 62.1. The van der Waals surface area contributed by atoms with Gasteiger partial charge in [0, 0.05) is 60.9 Å². The van der Waals surface area contributed by atoms with E-state index in [-0.39, 0.29) is 49.6 Å². The molecule has 3 N–H and O–H groups in total. The molecule has 3 aromatic heterocycles. The van der Waals surface area contributed by atoms with Crippen molar-refractivity contribution in [1.82, 2.24) is 15.0 Å². The molecule has 3 rings (SSSR count). The van der Waals surface area contributed by atoms with Crippen LogP contribution in [0.5, 0.6) is 0 Å². The number of carbonyl (C=O) groups excluding carboxylic acids is 4. The van der Waals surface area contributed by atoms with Crippen LogP contribution in [0, 0.1) is 31.8 Å². The second-order valence-electron chi connectivity index (χ2n) is 13.0. The van der Waals surface area contributed by atoms with Crippen molar-refractivity contribution in [1.29, 1.82) is 5.26 Å². The van der Waals surface area contributed by atoms with Gasteiger partial charge in [0.1, 0.15) is 11.6 Å². The molecule has 0 aliphatic heterocycles. The van der Waals surface area contributed by atoms with Crippen molar-refractivity contribution in [2.45, 2.75) is 107 Å². The highest BCUT2D eigenvalue weighted by Crippen LogP contribution is 2.31. The van der Waals surface area contributed by atoms with Crippen molar-refractivity contribution in [2.75, 3.05) is 26.4 Å². The van der Waals surface area contributed by atoms with Crippen LogP contribution in [0.25, 0.3) is 17.0 Å². The first-order valence-corrected chi connectivity index (χ1v) is 18.8. The lowest BCUT2D eigenvalue weighted by atomic mass is 9.97. The van der Waals surface area contributed by atoms with Gasteiger partial charge in [-0.25, -0.2) is 9.64 Å². The minimum atomic E-state index is -0.696. The summed E-state index contributed by atoms with van der Waals surface area (Å²) in [6, 6.07) is 1.98. The van der Waals surface area contributed by atoms with E-state index in [1.54, 1.807) is 19.9 Å². The first-order chi connectivity index (χ1) is 26.3. The highest BCUT2D eigenvalue weighted by Gasteiger charge is 2.23. The SMILES string of the molecule is [C-]#[N+]/C(=C\c1[nH]c(Cc2[nH]c(Cc3[nH]c(/C=C(\C#N)C(=O)OCC)c(CC)c3CC)c(CCCOC(C)=O)c2C)c(CCCOC(C)=O)c1C)C(=O)OCC. The second kappa shape index (κ2) is 21.2. The number of hydrogen-bond acceptors (Lipinski definition) is 9. The number of nitrogens with zero attached hydrogens (tertiary/aromatic N) is 2. The van der Waals surface area contributed by atoms with Crippen LogP contribution in [0.2, 0.25) is 0 Å². The zero-order valence-corrected chi connectivity index (χ0v) is 33.3. The second-order valence-corrected chi connectivity index (χ2v) is 13.0. The Bertz CT molecular complexity index is 2010. The van der Waals surface area contributed by atoms with Gasteiger partial charge >= 0.3 is 23.9 Å². The number of nitrogens with one attached hydrogen (secondary N) is 3. The number of hydrogen-bond donors (Lipinski definition) is 3. The summed E-state index contributed by atoms with van der Waals surface area (Å²) in [6.07, 6.45) is 7.89. The summed E-state index contributed by atoms with van der Waals surface area (Å²) >= 11 is 0. The van der Waals surface area contributed by atoms with Gasteiger partial charge in [0.2, 0.25) is 0 Å². The molecule has 0 aromatic carbocycles. The summed E-state index contributed by atoms with van der Waals surface area (Å²) in [6.45, 7) is 22.7. The van der Waals surface area contributed by atoms with Crippen molar-refractivity contribution in [2.24, 2.45) is 0 Å². The van der Waals surface area contributed by atoms with Gasteiger partial charge in [-0.1, -0.05) is 13.8 Å². The molecule has 0 amide bonds. The summed E-state index contributed by atoms with van der Waals surface area (Å²) < 4.78 is 20.7. The largest absolute Gasteiger partial charge is 0.471 e. The van der Waals surface area contributed by atoms with Crippen LogP contribution in [0.15, 0.2) is 11.3 Å². The van der Waals surface area contributed by atoms with Gasteiger partial charge in [0.25, 0.3) is 5.70 Å². The predicted molar refractivity (Wildman–Crippen MR) is 208 cm³/mol. The van der Waals surface area contributed by atoms with Crippen LogP contribution in [-0.4, -0.2) is 65.3 Å². The minimum Gasteiger partial charge on any atom is -0.471 e. The molecule has 3 aromatic rings. The van der Waals surface area contributed by atoms with Crippen LogP contribution in [-0.2, 0) is 76.7 Å². The Kier molecular flexibility index (Phi) is 16.8. The van der Waals surface area contributed by atoms with Crippen LogP contribution >= 0.6 is 0 Å². The van der Waals surface area contributed by atoms with E-state index >= 15 is 0 Å². The summed E-state index contributed by atoms with van der Waals surface area (Å²) in [5.41, 5.74) is 11.0. The van der Waals surface area contributed by atoms with E-state index in [1.807, 2.05) is 19.9 Å². The molecule has 0 spiro atoms. The Hall–Kier alpha value is -5.82. The standard InChI is InChI=1S/C42H53N5O8/c1-10-30-31(11-2)37(47-36(30)20-29(24-43)41(50)52-12-3)23-39-33(17-15-19-55-28(8)49)25(5)34(45-39)21-38-32(16-14-18-54-27(7)48)26(6)35(46-38)22-40(44-9)42(51)53-13-4/h20,22,45-47H,10-19,21,23H2,1-8H3/b29-20+,40-22-. The number of carbonyl (C=O) groups is 4. The first kappa shape index (κ1) is 43.6. The summed E-state index contributed by atoms with van der Waals surface area (Å²) in [5.74, 6) is -2.06. The number of nitriles is 1.